The van der Waals surface area contributed by atoms with Crippen molar-refractivity contribution in [1.82, 2.24) is 20.2 Å². The zero-order valence-corrected chi connectivity index (χ0v) is 12.8. The van der Waals surface area contributed by atoms with Crippen molar-refractivity contribution < 1.29 is 9.66 Å². The van der Waals surface area contributed by atoms with Crippen LogP contribution < -0.4 is 16.0 Å². The first-order chi connectivity index (χ1) is 12.0. The summed E-state index contributed by atoms with van der Waals surface area (Å²) >= 11 is 0. The molecule has 0 aliphatic carbocycles. The van der Waals surface area contributed by atoms with Crippen LogP contribution in [-0.2, 0) is 0 Å². The molecule has 0 fully saturated rings. The Hall–Kier alpha value is -3.69. The number of fused-ring (bicyclic) bond motifs is 2. The minimum atomic E-state index is -0.711. The maximum atomic E-state index is 12.4. The first-order valence-corrected chi connectivity index (χ1v) is 7.29. The van der Waals surface area contributed by atoms with Crippen LogP contribution in [0.2, 0.25) is 0 Å². The van der Waals surface area contributed by atoms with Crippen molar-refractivity contribution in [3.63, 3.8) is 0 Å². The minimum Gasteiger partial charge on any atom is -0.420 e. The zero-order valence-electron chi connectivity index (χ0n) is 12.8. The van der Waals surface area contributed by atoms with Gasteiger partial charge in [-0.2, -0.15) is 0 Å². The summed E-state index contributed by atoms with van der Waals surface area (Å²) in [5, 5.41) is 17.9. The largest absolute Gasteiger partial charge is 0.420 e. The highest BCUT2D eigenvalue weighted by molar-refractivity contribution is 5.56. The Labute approximate surface area is 138 Å². The molecule has 0 spiro atoms. The van der Waals surface area contributed by atoms with E-state index in [1.54, 1.807) is 13.0 Å². The molecule has 3 aromatic rings. The molecule has 1 aromatic carbocycles. The van der Waals surface area contributed by atoms with Gasteiger partial charge in [0.2, 0.25) is 11.8 Å². The van der Waals surface area contributed by atoms with Crippen molar-refractivity contribution in [3.8, 4) is 11.8 Å². The Bertz CT molecular complexity index is 1130. The number of ether oxygens (including phenoxy) is 1. The van der Waals surface area contributed by atoms with Gasteiger partial charge < -0.3 is 4.74 Å². The normalized spacial score (nSPS) is 15.2. The standard InChI is InChI=1S/C15H11N5O5/c1-6-9-10(7-3-2-4-8(5-7)20(23)24)11-12(21)16-15(22)17-13(11)25-14(9)19-18-6/h2-5,10H,1H3,(H,18,19)(H2,16,17,21,22). The van der Waals surface area contributed by atoms with Gasteiger partial charge in [-0.25, -0.2) is 4.79 Å². The number of H-pyrrole nitrogens is 3. The van der Waals surface area contributed by atoms with E-state index in [0.717, 1.165) is 0 Å². The molecule has 1 unspecified atom stereocenters. The summed E-state index contributed by atoms with van der Waals surface area (Å²) in [6.07, 6.45) is 0. The molecule has 4 rings (SSSR count). The molecule has 25 heavy (non-hydrogen) atoms. The van der Waals surface area contributed by atoms with Crippen LogP contribution >= 0.6 is 0 Å². The molecule has 2 aromatic heterocycles. The van der Waals surface area contributed by atoms with E-state index in [9.17, 15) is 19.7 Å². The lowest BCUT2D eigenvalue weighted by atomic mass is 9.84. The second-order valence-electron chi connectivity index (χ2n) is 5.61. The Morgan fingerprint density at radius 3 is 2.80 bits per heavy atom. The molecule has 0 saturated heterocycles. The average Bonchev–Trinajstić information content (AvgIpc) is 2.93. The topological polar surface area (TPSA) is 147 Å². The molecule has 0 radical (unpaired) electrons. The van der Waals surface area contributed by atoms with Crippen LogP contribution in [0.1, 0.15) is 28.3 Å². The number of hydrogen-bond acceptors (Lipinski definition) is 6. The summed E-state index contributed by atoms with van der Waals surface area (Å²) in [4.78, 5) is 39.2. The van der Waals surface area contributed by atoms with Crippen LogP contribution in [0, 0.1) is 17.0 Å². The van der Waals surface area contributed by atoms with Crippen molar-refractivity contribution in [3.05, 3.63) is 77.6 Å². The van der Waals surface area contributed by atoms with Crippen molar-refractivity contribution in [1.29, 1.82) is 0 Å². The van der Waals surface area contributed by atoms with E-state index in [2.05, 4.69) is 20.2 Å². The highest BCUT2D eigenvalue weighted by Gasteiger charge is 2.36. The van der Waals surface area contributed by atoms with E-state index in [4.69, 9.17) is 4.74 Å². The predicted octanol–water partition coefficient (Wildman–Crippen LogP) is 1.29. The van der Waals surface area contributed by atoms with Crippen LogP contribution in [-0.4, -0.2) is 25.1 Å². The lowest BCUT2D eigenvalue weighted by molar-refractivity contribution is -0.384. The van der Waals surface area contributed by atoms with Crippen LogP contribution in [0.25, 0.3) is 0 Å². The molecular weight excluding hydrogens is 330 g/mol. The summed E-state index contributed by atoms with van der Waals surface area (Å²) in [5.41, 5.74) is 0.486. The summed E-state index contributed by atoms with van der Waals surface area (Å²) in [5.74, 6) is -0.481. The molecule has 1 aliphatic rings. The van der Waals surface area contributed by atoms with E-state index >= 15 is 0 Å². The number of rotatable bonds is 2. The maximum absolute atomic E-state index is 12.4. The van der Waals surface area contributed by atoms with Gasteiger partial charge in [-0.15, -0.1) is 5.10 Å². The van der Waals surface area contributed by atoms with Crippen LogP contribution in [0.4, 0.5) is 5.69 Å². The van der Waals surface area contributed by atoms with Gasteiger partial charge in [0, 0.05) is 23.4 Å². The monoisotopic (exact) mass is 341 g/mol. The van der Waals surface area contributed by atoms with E-state index in [-0.39, 0.29) is 23.0 Å². The summed E-state index contributed by atoms with van der Waals surface area (Å²) < 4.78 is 5.54. The lowest BCUT2D eigenvalue weighted by Crippen LogP contribution is -2.30. The number of nitro groups is 1. The number of aromatic amines is 3. The number of nitro benzene ring substituents is 1. The molecule has 1 aliphatic heterocycles. The van der Waals surface area contributed by atoms with Crippen LogP contribution in [0.5, 0.6) is 11.8 Å². The summed E-state index contributed by atoms with van der Waals surface area (Å²) in [6, 6.07) is 5.97. The van der Waals surface area contributed by atoms with Crippen LogP contribution in [0.15, 0.2) is 33.9 Å². The van der Waals surface area contributed by atoms with Gasteiger partial charge in [0.25, 0.3) is 11.2 Å². The number of nitrogens with zero attached hydrogens (tertiary/aromatic N) is 2. The quantitative estimate of drug-likeness (QED) is 0.370. The Morgan fingerprint density at radius 1 is 1.24 bits per heavy atom. The van der Waals surface area contributed by atoms with Gasteiger partial charge in [-0.1, -0.05) is 12.1 Å². The smallest absolute Gasteiger partial charge is 0.328 e. The molecule has 0 saturated carbocycles. The average molecular weight is 341 g/mol. The molecule has 1 atom stereocenters. The number of benzene rings is 1. The van der Waals surface area contributed by atoms with Gasteiger partial charge in [0.15, 0.2) is 0 Å². The number of aryl methyl sites for hydroxylation is 1. The Balaban J connectivity index is 2.04. The third-order valence-corrected chi connectivity index (χ3v) is 4.09. The van der Waals surface area contributed by atoms with E-state index in [0.29, 0.717) is 16.8 Å². The Morgan fingerprint density at radius 2 is 2.04 bits per heavy atom. The first kappa shape index (κ1) is 14.9. The predicted molar refractivity (Wildman–Crippen MR) is 85.1 cm³/mol. The molecule has 126 valence electrons. The second kappa shape index (κ2) is 5.16. The highest BCUT2D eigenvalue weighted by atomic mass is 16.6. The van der Waals surface area contributed by atoms with Gasteiger partial charge in [0.05, 0.1) is 16.4 Å². The van der Waals surface area contributed by atoms with E-state index < -0.39 is 22.1 Å². The van der Waals surface area contributed by atoms with Crippen molar-refractivity contribution in [2.45, 2.75) is 12.8 Å². The summed E-state index contributed by atoms with van der Waals surface area (Å²) in [6.45, 7) is 1.75. The molecule has 3 N–H and O–H groups in total. The third kappa shape index (κ3) is 2.23. The van der Waals surface area contributed by atoms with Crippen LogP contribution in [0.3, 0.4) is 0 Å². The first-order valence-electron chi connectivity index (χ1n) is 7.29. The highest BCUT2D eigenvalue weighted by Crippen LogP contribution is 2.45. The molecule has 0 amide bonds. The van der Waals surface area contributed by atoms with E-state index in [1.165, 1.54) is 18.2 Å². The van der Waals surface area contributed by atoms with Gasteiger partial charge in [-0.3, -0.25) is 30.0 Å². The fraction of sp³-hybridized carbons (Fsp3) is 0.133. The fourth-order valence-electron chi connectivity index (χ4n) is 3.04. The molecular formula is C15H11N5O5. The SMILES string of the molecule is Cc1[nH]nc2c1C(c1cccc([N+](=O)[O-])c1)c1c([nH]c(=O)[nH]c1=O)O2. The minimum absolute atomic E-state index is 0.0238. The molecule has 0 bridgehead atoms. The maximum Gasteiger partial charge on any atom is 0.328 e. The van der Waals surface area contributed by atoms with Crippen molar-refractivity contribution >= 4 is 5.69 Å². The molecule has 10 nitrogen and oxygen atoms in total. The Kier molecular flexibility index (Phi) is 3.07. The molecule has 3 heterocycles. The van der Waals surface area contributed by atoms with Crippen molar-refractivity contribution in [2.75, 3.05) is 0 Å². The number of hydrogen-bond donors (Lipinski definition) is 3. The van der Waals surface area contributed by atoms with E-state index in [1.807, 2.05) is 0 Å². The number of aromatic nitrogens is 4. The molecule has 10 heteroatoms. The summed E-state index contributed by atoms with van der Waals surface area (Å²) in [7, 11) is 0. The zero-order chi connectivity index (χ0) is 17.7. The lowest BCUT2D eigenvalue weighted by Gasteiger charge is -2.24. The third-order valence-electron chi connectivity index (χ3n) is 4.09. The van der Waals surface area contributed by atoms with Gasteiger partial charge >= 0.3 is 5.69 Å². The van der Waals surface area contributed by atoms with Crippen molar-refractivity contribution in [2.24, 2.45) is 0 Å². The number of nitrogens with one attached hydrogen (secondary N) is 3. The fourth-order valence-corrected chi connectivity index (χ4v) is 3.04. The number of non-ortho nitro benzene ring substituents is 1. The second-order valence-corrected chi connectivity index (χ2v) is 5.61. The van der Waals surface area contributed by atoms with Gasteiger partial charge in [0.1, 0.15) is 0 Å². The van der Waals surface area contributed by atoms with Gasteiger partial charge in [-0.05, 0) is 12.5 Å².